The molecule has 3 aromatic rings. The molecule has 2 aromatic carbocycles. The maximum Gasteiger partial charge on any atom is 0.317 e. The summed E-state index contributed by atoms with van der Waals surface area (Å²) in [6.07, 6.45) is 4.46. The van der Waals surface area contributed by atoms with E-state index >= 15 is 4.39 Å². The molecule has 0 saturated carbocycles. The minimum absolute atomic E-state index is 0. The number of piperazine rings is 1. The third kappa shape index (κ3) is 9.10. The molecule has 2 aliphatic rings. The second kappa shape index (κ2) is 15.4. The molecule has 0 unspecified atom stereocenters. The third-order valence-electron chi connectivity index (χ3n) is 8.24. The first-order valence-corrected chi connectivity index (χ1v) is 17.0. The number of aliphatic carboxylic acids is 1. The molecule has 250 valence electrons. The highest BCUT2D eigenvalue weighted by Crippen LogP contribution is 2.33. The highest BCUT2D eigenvalue weighted by Gasteiger charge is 2.26. The number of carbonyl (C=O) groups is 1. The second-order valence-corrected chi connectivity index (χ2v) is 13.9. The zero-order valence-corrected chi connectivity index (χ0v) is 28.1. The summed E-state index contributed by atoms with van der Waals surface area (Å²) < 4.78 is 40.7. The molecule has 0 bridgehead atoms. The molecule has 0 aliphatic carbocycles. The number of aromatic nitrogens is 2. The second-order valence-electron chi connectivity index (χ2n) is 11.5. The number of carboxylic acids is 1. The molecule has 16 heteroatoms. The van der Waals surface area contributed by atoms with E-state index in [4.69, 9.17) is 16.7 Å². The molecule has 3 N–H and O–H groups in total. The summed E-state index contributed by atoms with van der Waals surface area (Å²) in [7, 11) is -2.04. The predicted molar refractivity (Wildman–Crippen MR) is 182 cm³/mol. The first-order valence-electron chi connectivity index (χ1n) is 14.8. The minimum Gasteiger partial charge on any atom is -0.480 e. The highest BCUT2D eigenvalue weighted by molar-refractivity contribution is 7.92. The Morgan fingerprint density at radius 3 is 2.39 bits per heavy atom. The molecule has 2 saturated heterocycles. The summed E-state index contributed by atoms with van der Waals surface area (Å²) in [5, 5.41) is 15.3. The molecular weight excluding hydrogens is 658 g/mol. The number of benzene rings is 2. The Morgan fingerprint density at radius 2 is 1.74 bits per heavy atom. The number of sulfonamides is 1. The van der Waals surface area contributed by atoms with Crippen LogP contribution in [0.4, 0.5) is 38.9 Å². The van der Waals surface area contributed by atoms with Crippen molar-refractivity contribution in [2.24, 2.45) is 5.92 Å². The average molecular weight is 698 g/mol. The van der Waals surface area contributed by atoms with Crippen molar-refractivity contribution >= 4 is 74.5 Å². The predicted octanol–water partition coefficient (Wildman–Crippen LogP) is 4.49. The minimum atomic E-state index is -3.50. The van der Waals surface area contributed by atoms with Gasteiger partial charge in [0, 0.05) is 58.5 Å². The number of piperidine rings is 1. The van der Waals surface area contributed by atoms with Crippen LogP contribution in [-0.4, -0.2) is 105 Å². The summed E-state index contributed by atoms with van der Waals surface area (Å²) in [6.45, 7) is 5.89. The van der Waals surface area contributed by atoms with Crippen molar-refractivity contribution in [1.82, 2.24) is 19.8 Å². The van der Waals surface area contributed by atoms with Crippen LogP contribution in [0.3, 0.4) is 0 Å². The van der Waals surface area contributed by atoms with Gasteiger partial charge in [-0.1, -0.05) is 23.7 Å². The molecule has 1 aromatic heterocycles. The van der Waals surface area contributed by atoms with Crippen LogP contribution in [0.1, 0.15) is 12.8 Å². The lowest BCUT2D eigenvalue weighted by Gasteiger charge is -2.39. The van der Waals surface area contributed by atoms with E-state index in [1.54, 1.807) is 36.4 Å². The monoisotopic (exact) mass is 696 g/mol. The van der Waals surface area contributed by atoms with E-state index in [1.165, 1.54) is 19.3 Å². The number of rotatable bonds is 11. The highest BCUT2D eigenvalue weighted by atomic mass is 35.5. The van der Waals surface area contributed by atoms with E-state index in [9.17, 15) is 13.2 Å². The maximum absolute atomic E-state index is 15.3. The van der Waals surface area contributed by atoms with Crippen LogP contribution in [0.5, 0.6) is 0 Å². The van der Waals surface area contributed by atoms with E-state index in [1.807, 2.05) is 4.90 Å². The Balaban J connectivity index is 0.00000480. The van der Waals surface area contributed by atoms with Gasteiger partial charge in [-0.15, -0.1) is 12.4 Å². The number of hydrogen-bond donors (Lipinski definition) is 3. The Kier molecular flexibility index (Phi) is 11.9. The van der Waals surface area contributed by atoms with Crippen molar-refractivity contribution < 1.29 is 22.7 Å². The smallest absolute Gasteiger partial charge is 0.317 e. The van der Waals surface area contributed by atoms with E-state index in [0.717, 1.165) is 69.2 Å². The first kappa shape index (κ1) is 35.4. The van der Waals surface area contributed by atoms with Crippen LogP contribution in [0.15, 0.2) is 48.7 Å². The fraction of sp³-hybridized carbons (Fsp3) is 0.433. The molecular formula is C30H39Cl2FN8O4S. The average Bonchev–Trinajstić information content (AvgIpc) is 3.00. The van der Waals surface area contributed by atoms with Gasteiger partial charge >= 0.3 is 5.97 Å². The van der Waals surface area contributed by atoms with Crippen molar-refractivity contribution in [1.29, 1.82) is 0 Å². The van der Waals surface area contributed by atoms with Crippen LogP contribution >= 0.6 is 24.0 Å². The summed E-state index contributed by atoms with van der Waals surface area (Å²) in [6, 6.07) is 11.8. The quantitative estimate of drug-likeness (QED) is 0.262. The molecule has 2 fully saturated rings. The molecule has 0 spiro atoms. The van der Waals surface area contributed by atoms with Crippen molar-refractivity contribution in [2.75, 3.05) is 85.5 Å². The van der Waals surface area contributed by atoms with Gasteiger partial charge in [-0.05, 0) is 49.1 Å². The SMILES string of the molecule is CN(c1ccccc1Nc1nc(Nc2ccc(N3CCC(CN4CCN(CC(=O)O)CC4)CC3)c(F)c2)ncc1Cl)S(C)(=O)=O.Cl. The number of halogens is 3. The van der Waals surface area contributed by atoms with Crippen molar-refractivity contribution in [3.05, 3.63) is 59.5 Å². The van der Waals surface area contributed by atoms with Crippen molar-refractivity contribution in [3.8, 4) is 0 Å². The van der Waals surface area contributed by atoms with Crippen LogP contribution in [0.2, 0.25) is 5.02 Å². The maximum atomic E-state index is 15.3. The standard InChI is InChI=1S/C30H38ClFN8O4S.ClH/c1-37(45(2,43)44)27-6-4-3-5-25(27)35-29-23(31)18-33-30(36-29)34-22-7-8-26(24(32)17-22)40-11-9-21(10-12-40)19-38-13-15-39(16-14-38)20-28(41)42;/h3-8,17-18,21H,9-16,19-20H2,1-2H3,(H,41,42)(H2,33,34,35,36);1H. The van der Waals surface area contributed by atoms with E-state index in [0.29, 0.717) is 28.7 Å². The summed E-state index contributed by atoms with van der Waals surface area (Å²) in [5.74, 6) is -0.163. The lowest BCUT2D eigenvalue weighted by atomic mass is 9.95. The largest absolute Gasteiger partial charge is 0.480 e. The molecule has 2 aliphatic heterocycles. The van der Waals surface area contributed by atoms with Gasteiger partial charge < -0.3 is 25.5 Å². The van der Waals surface area contributed by atoms with Gasteiger partial charge in [-0.3, -0.25) is 14.0 Å². The van der Waals surface area contributed by atoms with Gasteiger partial charge in [0.2, 0.25) is 16.0 Å². The fourth-order valence-corrected chi connectivity index (χ4v) is 6.34. The van der Waals surface area contributed by atoms with Gasteiger partial charge in [0.15, 0.2) is 5.82 Å². The lowest BCUT2D eigenvalue weighted by molar-refractivity contribution is -0.138. The van der Waals surface area contributed by atoms with E-state index < -0.39 is 16.0 Å². The number of nitrogens with one attached hydrogen (secondary N) is 2. The molecule has 3 heterocycles. The number of para-hydroxylation sites is 2. The Labute approximate surface area is 280 Å². The summed E-state index contributed by atoms with van der Waals surface area (Å²) in [5.41, 5.74) is 1.92. The van der Waals surface area contributed by atoms with E-state index in [2.05, 4.69) is 30.4 Å². The van der Waals surface area contributed by atoms with Crippen molar-refractivity contribution in [3.63, 3.8) is 0 Å². The molecule has 46 heavy (non-hydrogen) atoms. The van der Waals surface area contributed by atoms with Crippen molar-refractivity contribution in [2.45, 2.75) is 12.8 Å². The number of carboxylic acid groups (broad SMARTS) is 1. The Bertz CT molecular complexity index is 1620. The molecule has 5 rings (SSSR count). The summed E-state index contributed by atoms with van der Waals surface area (Å²) in [4.78, 5) is 26.1. The molecule has 12 nitrogen and oxygen atoms in total. The topological polar surface area (TPSA) is 134 Å². The van der Waals surface area contributed by atoms with Gasteiger partial charge in [0.25, 0.3) is 0 Å². The Morgan fingerprint density at radius 1 is 1.07 bits per heavy atom. The van der Waals surface area contributed by atoms with Gasteiger partial charge in [0.1, 0.15) is 10.8 Å². The van der Waals surface area contributed by atoms with Gasteiger partial charge in [-0.25, -0.2) is 17.8 Å². The zero-order chi connectivity index (χ0) is 32.1. The molecule has 0 amide bonds. The first-order chi connectivity index (χ1) is 21.5. The normalized spacial score (nSPS) is 16.5. The van der Waals surface area contributed by atoms with Gasteiger partial charge in [-0.2, -0.15) is 4.98 Å². The molecule has 0 atom stereocenters. The van der Waals surface area contributed by atoms with Crippen LogP contribution in [-0.2, 0) is 14.8 Å². The summed E-state index contributed by atoms with van der Waals surface area (Å²) >= 11 is 6.35. The third-order valence-corrected chi connectivity index (χ3v) is 9.71. The fourth-order valence-electron chi connectivity index (χ4n) is 5.69. The number of nitrogens with zero attached hydrogens (tertiary/aromatic N) is 6. The van der Waals surface area contributed by atoms with Crippen LogP contribution in [0, 0.1) is 11.7 Å². The Hall–Kier alpha value is -3.43. The number of hydrogen-bond acceptors (Lipinski definition) is 10. The molecule has 0 radical (unpaired) electrons. The van der Waals surface area contributed by atoms with Crippen LogP contribution in [0.25, 0.3) is 0 Å². The number of anilines is 6. The van der Waals surface area contributed by atoms with E-state index in [-0.39, 0.29) is 41.6 Å². The van der Waals surface area contributed by atoms with Crippen LogP contribution < -0.4 is 19.8 Å². The van der Waals surface area contributed by atoms with Gasteiger partial charge in [0.05, 0.1) is 36.1 Å². The lowest BCUT2D eigenvalue weighted by Crippen LogP contribution is -2.49. The zero-order valence-electron chi connectivity index (χ0n) is 25.7.